The average Bonchev–Trinajstić information content (AvgIpc) is 2.52. The largest absolute Gasteiger partial charge is 0.508 e. The number of carboxylic acids is 1. The van der Waals surface area contributed by atoms with Crippen molar-refractivity contribution in [3.63, 3.8) is 0 Å². The van der Waals surface area contributed by atoms with Gasteiger partial charge in [0.1, 0.15) is 17.1 Å². The van der Waals surface area contributed by atoms with Gasteiger partial charge in [0.25, 0.3) is 0 Å². The third-order valence-electron chi connectivity index (χ3n) is 5.92. The highest BCUT2D eigenvalue weighted by molar-refractivity contribution is 5.66. The van der Waals surface area contributed by atoms with Gasteiger partial charge in [0, 0.05) is 23.8 Å². The van der Waals surface area contributed by atoms with E-state index in [0.717, 1.165) is 49.0 Å². The van der Waals surface area contributed by atoms with Gasteiger partial charge in [-0.05, 0) is 70.6 Å². The maximum absolute atomic E-state index is 10.7. The number of phenolic OH excluding ortho intramolecular Hbond substituents is 1. The SMILES string of the molecule is CC1=CC[C@@H]2[C@@H](C1)c1c(O)cc(CCCCCC(=O)O)cc1OC2(C)C. The molecule has 0 aromatic heterocycles. The van der Waals surface area contributed by atoms with Crippen LogP contribution in [0, 0.1) is 5.92 Å². The molecule has 0 bridgehead atoms. The van der Waals surface area contributed by atoms with Crippen molar-refractivity contribution in [3.05, 3.63) is 34.9 Å². The van der Waals surface area contributed by atoms with Crippen molar-refractivity contribution in [3.8, 4) is 11.5 Å². The average molecular weight is 358 g/mol. The molecule has 142 valence electrons. The summed E-state index contributed by atoms with van der Waals surface area (Å²) in [4.78, 5) is 10.6. The number of aliphatic carboxylic acids is 1. The molecule has 0 spiro atoms. The van der Waals surface area contributed by atoms with Crippen LogP contribution in [0.1, 0.15) is 76.3 Å². The monoisotopic (exact) mass is 358 g/mol. The number of benzene rings is 1. The van der Waals surface area contributed by atoms with Gasteiger partial charge in [-0.25, -0.2) is 0 Å². The number of hydrogen-bond donors (Lipinski definition) is 2. The number of carboxylic acid groups (broad SMARTS) is 1. The molecule has 2 N–H and O–H groups in total. The molecular weight excluding hydrogens is 328 g/mol. The van der Waals surface area contributed by atoms with Crippen LogP contribution in [-0.4, -0.2) is 21.8 Å². The highest BCUT2D eigenvalue weighted by Crippen LogP contribution is 2.54. The van der Waals surface area contributed by atoms with Crippen molar-refractivity contribution >= 4 is 5.97 Å². The lowest BCUT2D eigenvalue weighted by atomic mass is 9.67. The van der Waals surface area contributed by atoms with Crippen LogP contribution in [0.15, 0.2) is 23.8 Å². The molecule has 1 aromatic carbocycles. The zero-order chi connectivity index (χ0) is 18.9. The molecule has 4 nitrogen and oxygen atoms in total. The van der Waals surface area contributed by atoms with Crippen LogP contribution < -0.4 is 4.74 Å². The second kappa shape index (κ2) is 7.34. The highest BCUT2D eigenvalue weighted by atomic mass is 16.5. The van der Waals surface area contributed by atoms with Gasteiger partial charge in [0.05, 0.1) is 0 Å². The number of aryl methyl sites for hydroxylation is 1. The van der Waals surface area contributed by atoms with E-state index in [9.17, 15) is 9.90 Å². The molecule has 3 rings (SSSR count). The number of rotatable bonds is 6. The predicted molar refractivity (Wildman–Crippen MR) is 102 cm³/mol. The lowest BCUT2D eigenvalue weighted by Crippen LogP contribution is -2.45. The van der Waals surface area contributed by atoms with Crippen molar-refractivity contribution in [2.24, 2.45) is 5.92 Å². The van der Waals surface area contributed by atoms with Crippen LogP contribution in [0.5, 0.6) is 11.5 Å². The van der Waals surface area contributed by atoms with Gasteiger partial charge >= 0.3 is 5.97 Å². The van der Waals surface area contributed by atoms with Gasteiger partial charge in [-0.15, -0.1) is 0 Å². The highest BCUT2D eigenvalue weighted by Gasteiger charge is 2.45. The van der Waals surface area contributed by atoms with E-state index in [1.54, 1.807) is 0 Å². The number of allylic oxidation sites excluding steroid dienone is 2. The zero-order valence-electron chi connectivity index (χ0n) is 16.0. The number of fused-ring (bicyclic) bond motifs is 3. The first-order valence-corrected chi connectivity index (χ1v) is 9.70. The van der Waals surface area contributed by atoms with Gasteiger partial charge in [-0.1, -0.05) is 18.1 Å². The molecule has 0 saturated heterocycles. The predicted octanol–water partition coefficient (Wildman–Crippen LogP) is 5.19. The first-order chi connectivity index (χ1) is 12.3. The fourth-order valence-corrected chi connectivity index (χ4v) is 4.55. The molecular formula is C22H30O4. The third-order valence-corrected chi connectivity index (χ3v) is 5.92. The van der Waals surface area contributed by atoms with Gasteiger partial charge in [-0.2, -0.15) is 0 Å². The lowest BCUT2D eigenvalue weighted by Gasteiger charge is -2.47. The van der Waals surface area contributed by atoms with Crippen LogP contribution in [0.3, 0.4) is 0 Å². The summed E-state index contributed by atoms with van der Waals surface area (Å²) in [7, 11) is 0. The van der Waals surface area contributed by atoms with Gasteiger partial charge in [0.2, 0.25) is 0 Å². The van der Waals surface area contributed by atoms with Gasteiger partial charge in [0.15, 0.2) is 0 Å². The molecule has 0 radical (unpaired) electrons. The Bertz CT molecular complexity index is 717. The molecule has 0 amide bonds. The Morgan fingerprint density at radius 3 is 2.77 bits per heavy atom. The lowest BCUT2D eigenvalue weighted by molar-refractivity contribution is -0.137. The fraction of sp³-hybridized carbons (Fsp3) is 0.591. The molecule has 2 aliphatic rings. The Kier molecular flexibility index (Phi) is 5.31. The topological polar surface area (TPSA) is 66.8 Å². The molecule has 0 saturated carbocycles. The summed E-state index contributed by atoms with van der Waals surface area (Å²) in [5.74, 6) is 1.13. The smallest absolute Gasteiger partial charge is 0.303 e. The van der Waals surface area contributed by atoms with Crippen LogP contribution in [0.2, 0.25) is 0 Å². The first-order valence-electron chi connectivity index (χ1n) is 9.70. The van der Waals surface area contributed by atoms with Crippen molar-refractivity contribution in [2.45, 2.75) is 77.2 Å². The Balaban J connectivity index is 1.77. The molecule has 4 heteroatoms. The molecule has 1 aliphatic carbocycles. The van der Waals surface area contributed by atoms with E-state index < -0.39 is 5.97 Å². The van der Waals surface area contributed by atoms with E-state index in [2.05, 4.69) is 32.9 Å². The molecule has 1 aromatic rings. The summed E-state index contributed by atoms with van der Waals surface area (Å²) in [5, 5.41) is 19.4. The van der Waals surface area contributed by atoms with E-state index in [4.69, 9.17) is 9.84 Å². The fourth-order valence-electron chi connectivity index (χ4n) is 4.55. The second-order valence-electron chi connectivity index (χ2n) is 8.39. The van der Waals surface area contributed by atoms with Crippen LogP contribution in [-0.2, 0) is 11.2 Å². The Morgan fingerprint density at radius 2 is 2.04 bits per heavy atom. The van der Waals surface area contributed by atoms with Crippen molar-refractivity contribution in [1.29, 1.82) is 0 Å². The number of unbranched alkanes of at least 4 members (excludes halogenated alkanes) is 2. The van der Waals surface area contributed by atoms with Crippen LogP contribution >= 0.6 is 0 Å². The van der Waals surface area contributed by atoms with E-state index in [1.807, 2.05) is 6.07 Å². The molecule has 1 heterocycles. The Hall–Kier alpha value is -1.97. The summed E-state index contributed by atoms with van der Waals surface area (Å²) in [5.41, 5.74) is 3.17. The van der Waals surface area contributed by atoms with E-state index >= 15 is 0 Å². The maximum Gasteiger partial charge on any atom is 0.303 e. The standard InChI is InChI=1S/C22H30O4/c1-14-9-10-17-16(11-14)21-18(23)12-15(7-5-4-6-8-20(24)25)13-19(21)26-22(17,2)3/h9,12-13,16-17,23H,4-8,10-11H2,1-3H3,(H,24,25)/t16-,17-/m1/s1. The molecule has 1 aliphatic heterocycles. The number of ether oxygens (including phenoxy) is 1. The van der Waals surface area contributed by atoms with E-state index in [-0.39, 0.29) is 12.0 Å². The third kappa shape index (κ3) is 3.89. The van der Waals surface area contributed by atoms with Crippen molar-refractivity contribution < 1.29 is 19.7 Å². The summed E-state index contributed by atoms with van der Waals surface area (Å²) < 4.78 is 6.34. The summed E-state index contributed by atoms with van der Waals surface area (Å²) in [6.07, 6.45) is 7.83. The van der Waals surface area contributed by atoms with Crippen LogP contribution in [0.25, 0.3) is 0 Å². The summed E-state index contributed by atoms with van der Waals surface area (Å²) in [6, 6.07) is 3.96. The number of hydrogen-bond acceptors (Lipinski definition) is 3. The minimum Gasteiger partial charge on any atom is -0.508 e. The van der Waals surface area contributed by atoms with Crippen molar-refractivity contribution in [1.82, 2.24) is 0 Å². The van der Waals surface area contributed by atoms with E-state index in [0.29, 0.717) is 24.0 Å². The van der Waals surface area contributed by atoms with Crippen molar-refractivity contribution in [2.75, 3.05) is 0 Å². The first kappa shape index (κ1) is 18.8. The maximum atomic E-state index is 10.7. The molecule has 0 unspecified atom stereocenters. The van der Waals surface area contributed by atoms with Gasteiger partial charge < -0.3 is 14.9 Å². The minimum absolute atomic E-state index is 0.225. The minimum atomic E-state index is -0.738. The van der Waals surface area contributed by atoms with Gasteiger partial charge in [-0.3, -0.25) is 4.79 Å². The normalized spacial score (nSPS) is 23.4. The number of carbonyl (C=O) groups is 1. The number of aromatic hydroxyl groups is 1. The molecule has 26 heavy (non-hydrogen) atoms. The summed E-state index contributed by atoms with van der Waals surface area (Å²) in [6.45, 7) is 6.47. The second-order valence-corrected chi connectivity index (χ2v) is 8.39. The summed E-state index contributed by atoms with van der Waals surface area (Å²) >= 11 is 0. The zero-order valence-corrected chi connectivity index (χ0v) is 16.0. The van der Waals surface area contributed by atoms with E-state index in [1.165, 1.54) is 5.57 Å². The Labute approximate surface area is 155 Å². The molecule has 2 atom stereocenters. The van der Waals surface area contributed by atoms with Crippen LogP contribution in [0.4, 0.5) is 0 Å². The Morgan fingerprint density at radius 1 is 1.27 bits per heavy atom. The number of phenols is 1. The quantitative estimate of drug-likeness (QED) is 0.542. The molecule has 0 fully saturated rings.